The van der Waals surface area contributed by atoms with Crippen molar-refractivity contribution in [1.82, 2.24) is 34.5 Å². The fourth-order valence-electron chi connectivity index (χ4n) is 5.49. The number of nitrogens with zero attached hydrogens (tertiary/aromatic N) is 7. The molecule has 6 rings (SSSR count). The van der Waals surface area contributed by atoms with Gasteiger partial charge in [0, 0.05) is 0 Å². The molecule has 0 bridgehead atoms. The van der Waals surface area contributed by atoms with Crippen LogP contribution in [0, 0.1) is 6.92 Å². The van der Waals surface area contributed by atoms with Gasteiger partial charge >= 0.3 is 238 Å². The molecule has 0 saturated carbocycles. The van der Waals surface area contributed by atoms with Crippen LogP contribution in [0.2, 0.25) is 0 Å². The van der Waals surface area contributed by atoms with Crippen molar-refractivity contribution in [2.45, 2.75) is 53.8 Å². The number of amides is 2. The summed E-state index contributed by atoms with van der Waals surface area (Å²) in [6, 6.07) is 8.79. The Morgan fingerprint density at radius 3 is 2.58 bits per heavy atom. The van der Waals surface area contributed by atoms with Crippen molar-refractivity contribution in [2.75, 3.05) is 19.4 Å². The molecule has 3 atom stereocenters. The number of carbonyl (C=O) groups excluding carboxylic acids is 3. The van der Waals surface area contributed by atoms with Gasteiger partial charge < -0.3 is 4.90 Å². The molecule has 0 unspecified atom stereocenters. The molecule has 224 valence electrons. The Bertz CT molecular complexity index is 1780. The molecule has 43 heavy (non-hydrogen) atoms. The number of alkyl halides is 2. The molecular formula is C30H31BrIN8O3-. The van der Waals surface area contributed by atoms with Crippen LogP contribution in [0.5, 0.6) is 0 Å². The van der Waals surface area contributed by atoms with Gasteiger partial charge in [0.05, 0.1) is 6.54 Å². The number of anilines is 1. The van der Waals surface area contributed by atoms with Gasteiger partial charge in [0.2, 0.25) is 0 Å². The van der Waals surface area contributed by atoms with Gasteiger partial charge in [-0.2, -0.15) is 0 Å². The molecule has 0 spiro atoms. The molecule has 13 heteroatoms. The monoisotopic (exact) mass is 757 g/mol. The van der Waals surface area contributed by atoms with Crippen molar-refractivity contribution in [3.8, 4) is 11.1 Å². The second-order valence-electron chi connectivity index (χ2n) is 11.5. The molecule has 1 N–H and O–H groups in total. The second-order valence-corrected chi connectivity index (χ2v) is 16.5. The Balaban J connectivity index is 1.26. The first kappa shape index (κ1) is 29.8. The number of benzene rings is 1. The Morgan fingerprint density at radius 2 is 1.88 bits per heavy atom. The number of aromatic nitrogens is 5. The van der Waals surface area contributed by atoms with Gasteiger partial charge in [-0.25, -0.2) is 0 Å². The average Bonchev–Trinajstić information content (AvgIpc) is 3.32. The first-order chi connectivity index (χ1) is 20.4. The van der Waals surface area contributed by atoms with E-state index >= 15 is 0 Å². The molecule has 11 nitrogen and oxygen atoms in total. The zero-order valence-corrected chi connectivity index (χ0v) is 28.2. The van der Waals surface area contributed by atoms with Crippen molar-refractivity contribution in [1.29, 1.82) is 0 Å². The molecule has 2 aliphatic heterocycles. The van der Waals surface area contributed by atoms with E-state index < -0.39 is 6.04 Å². The van der Waals surface area contributed by atoms with E-state index in [0.29, 0.717) is 40.0 Å². The quantitative estimate of drug-likeness (QED) is 0.0914. The van der Waals surface area contributed by atoms with Crippen LogP contribution in [0.1, 0.15) is 42.1 Å². The van der Waals surface area contributed by atoms with Crippen molar-refractivity contribution >= 4 is 50.2 Å². The van der Waals surface area contributed by atoms with E-state index in [1.165, 1.54) is 6.92 Å². The third-order valence-electron chi connectivity index (χ3n) is 7.73. The van der Waals surface area contributed by atoms with Gasteiger partial charge in [0.1, 0.15) is 5.82 Å². The molecule has 2 fully saturated rings. The first-order valence-electron chi connectivity index (χ1n) is 13.8. The van der Waals surface area contributed by atoms with E-state index in [-0.39, 0.29) is 52.8 Å². The number of hydrogen-bond donors (Lipinski definition) is 1. The van der Waals surface area contributed by atoms with E-state index in [0.717, 1.165) is 22.5 Å². The topological polar surface area (TPSA) is 126 Å². The van der Waals surface area contributed by atoms with E-state index in [1.807, 2.05) is 56.3 Å². The van der Waals surface area contributed by atoms with Crippen molar-refractivity contribution in [3.05, 3.63) is 64.4 Å². The molecule has 2 amide bonds. The summed E-state index contributed by atoms with van der Waals surface area (Å²) >= 11 is 3.13. The summed E-state index contributed by atoms with van der Waals surface area (Å²) in [7, 11) is 3.92. The van der Waals surface area contributed by atoms with Gasteiger partial charge in [0.15, 0.2) is 0 Å². The van der Waals surface area contributed by atoms with Gasteiger partial charge in [-0.3, -0.25) is 0 Å². The summed E-state index contributed by atoms with van der Waals surface area (Å²) in [6.45, 7) is 6.08. The van der Waals surface area contributed by atoms with Crippen molar-refractivity contribution in [3.63, 3.8) is 0 Å². The molecule has 2 aliphatic rings. The second kappa shape index (κ2) is 11.3. The molecule has 0 radical (unpaired) electrons. The summed E-state index contributed by atoms with van der Waals surface area (Å²) in [4.78, 5) is 57.1. The molecule has 3 aromatic heterocycles. The standard InChI is InChI=1S/C30H31BrIN8O3/c1-16-6-9-23(31)35-27(16)36-28(43)22-11-30(3)29(32-30)40(22)25(42)15-39-21-8-7-18(10-20(21)26(37-39)17(2)41)19-12-33-24(34-13-19)14-38(4)5/h6-10,12-13,22,29H,11,14-15H2,1-5H3,(H,35,36,43)/q-1/t22-,29-,30+/m0/s1. The van der Waals surface area contributed by atoms with Crippen molar-refractivity contribution < 1.29 is 35.6 Å². The maximum atomic E-state index is 13.9. The third-order valence-corrected chi connectivity index (χ3v) is 12.5. The van der Waals surface area contributed by atoms with Crippen molar-refractivity contribution in [2.24, 2.45) is 0 Å². The molecular weight excluding hydrogens is 727 g/mol. The molecule has 1 aromatic carbocycles. The minimum atomic E-state index is -0.590. The Morgan fingerprint density at radius 1 is 1.14 bits per heavy atom. The number of pyridine rings is 1. The summed E-state index contributed by atoms with van der Waals surface area (Å²) in [6.07, 6.45) is 4.18. The van der Waals surface area contributed by atoms with E-state index in [4.69, 9.17) is 0 Å². The number of carbonyl (C=O) groups is 3. The molecule has 2 saturated heterocycles. The summed E-state index contributed by atoms with van der Waals surface area (Å²) in [5, 5.41) is 8.17. The predicted molar refractivity (Wildman–Crippen MR) is 161 cm³/mol. The van der Waals surface area contributed by atoms with E-state index in [1.54, 1.807) is 22.0 Å². The minimum absolute atomic E-state index is 0.0199. The number of hydrogen-bond acceptors (Lipinski definition) is 8. The number of nitrogens with one attached hydrogen (secondary N) is 1. The zero-order chi connectivity index (χ0) is 30.6. The zero-order valence-electron chi connectivity index (χ0n) is 24.4. The number of aryl methyl sites for hydroxylation is 1. The predicted octanol–water partition coefficient (Wildman–Crippen LogP) is 0.650. The van der Waals surface area contributed by atoms with Gasteiger partial charge in [-0.05, 0) is 14.1 Å². The Labute approximate surface area is 267 Å². The van der Waals surface area contributed by atoms with Gasteiger partial charge in [-0.15, -0.1) is 0 Å². The van der Waals surface area contributed by atoms with Crippen LogP contribution < -0.4 is 26.5 Å². The SMILES string of the molecule is CC(=O)c1nn(CC(=O)N2[C@H](C(=O)Nc3nc(Br)ccc3C)C[C@@]3(C)[I-][C@@H]23)c2ccc(-c3cnc(CN(C)C)nc3)cc12. The maximum absolute atomic E-state index is 13.9. The Kier molecular flexibility index (Phi) is 7.84. The van der Waals surface area contributed by atoms with Crippen LogP contribution in [0.15, 0.2) is 47.3 Å². The number of fused-ring (bicyclic) bond motifs is 2. The van der Waals surface area contributed by atoms with Crippen LogP contribution in [-0.4, -0.2) is 79.7 Å². The third kappa shape index (κ3) is 5.81. The number of halogens is 2. The number of rotatable bonds is 8. The number of ketones is 1. The number of likely N-dealkylation sites (tertiary alicyclic amines) is 1. The fraction of sp³-hybridized carbons (Fsp3) is 0.367. The summed E-state index contributed by atoms with van der Waals surface area (Å²) < 4.78 is 2.33. The fourth-order valence-corrected chi connectivity index (χ4v) is 9.19. The van der Waals surface area contributed by atoms with Crippen LogP contribution in [0.4, 0.5) is 5.82 Å². The molecule has 5 heterocycles. The molecule has 4 aromatic rings. The van der Waals surface area contributed by atoms with Gasteiger partial charge in [-0.1, -0.05) is 0 Å². The van der Waals surface area contributed by atoms with E-state index in [2.05, 4.69) is 48.2 Å². The molecule has 0 aliphatic carbocycles. The average molecular weight is 758 g/mol. The van der Waals surface area contributed by atoms with Crippen LogP contribution in [-0.2, 0) is 22.7 Å². The van der Waals surface area contributed by atoms with Crippen LogP contribution in [0.25, 0.3) is 22.0 Å². The normalized spacial score (nSPS) is 21.0. The van der Waals surface area contributed by atoms with E-state index in [9.17, 15) is 14.4 Å². The van der Waals surface area contributed by atoms with Crippen LogP contribution >= 0.6 is 15.9 Å². The van der Waals surface area contributed by atoms with Gasteiger partial charge in [0.25, 0.3) is 0 Å². The Hall–Kier alpha value is -3.30. The first-order valence-corrected chi connectivity index (χ1v) is 16.9. The summed E-state index contributed by atoms with van der Waals surface area (Å²) in [5.74, 6) is 0.583. The summed E-state index contributed by atoms with van der Waals surface area (Å²) in [5.41, 5.74) is 3.48. The van der Waals surface area contributed by atoms with Crippen LogP contribution in [0.3, 0.4) is 0 Å². The number of Topliss-reactive ketones (excluding diaryl/α,β-unsaturated/α-hetero) is 1.